The van der Waals surface area contributed by atoms with E-state index in [1.54, 1.807) is 0 Å². The van der Waals surface area contributed by atoms with Crippen molar-refractivity contribution in [2.75, 3.05) is 11.9 Å². The van der Waals surface area contributed by atoms with Crippen LogP contribution in [0.4, 0.5) is 10.6 Å². The largest absolute Gasteiger partial charge is 0.337 e. The van der Waals surface area contributed by atoms with Gasteiger partial charge in [-0.1, -0.05) is 35.9 Å². The molecule has 140 valence electrons. The molecule has 3 aromatic rings. The third-order valence-corrected chi connectivity index (χ3v) is 4.50. The van der Waals surface area contributed by atoms with Crippen LogP contribution in [0.25, 0.3) is 5.69 Å². The Morgan fingerprint density at radius 1 is 1.00 bits per heavy atom. The number of carbonyl (C=O) groups excluding carboxylic acids is 1. The summed E-state index contributed by atoms with van der Waals surface area (Å²) in [6, 6.07) is 13.7. The highest BCUT2D eigenvalue weighted by molar-refractivity contribution is 5.88. The standard InChI is InChI=1S/C21H25N5O/c1-14-12-15(2)19(16(3)13-14)10-11-22-21(27)23-20-17(4)24-26(25-20)18-8-6-5-7-9-18/h5-9,12-13H,10-11H2,1-4H3,(H2,22,23,25,27). The Balaban J connectivity index is 1.58. The number of urea groups is 1. The van der Waals surface area contributed by atoms with Crippen LogP contribution < -0.4 is 10.6 Å². The maximum atomic E-state index is 12.2. The molecule has 1 heterocycles. The lowest BCUT2D eigenvalue weighted by Crippen LogP contribution is -2.31. The second kappa shape index (κ2) is 8.03. The molecule has 6 nitrogen and oxygen atoms in total. The lowest BCUT2D eigenvalue weighted by Gasteiger charge is -2.12. The Labute approximate surface area is 159 Å². The van der Waals surface area contributed by atoms with Gasteiger partial charge in [-0.3, -0.25) is 5.32 Å². The number of anilines is 1. The van der Waals surface area contributed by atoms with E-state index in [2.05, 4.69) is 53.7 Å². The van der Waals surface area contributed by atoms with Crippen molar-refractivity contribution in [2.45, 2.75) is 34.1 Å². The molecule has 0 fully saturated rings. The van der Waals surface area contributed by atoms with Crippen LogP contribution in [-0.4, -0.2) is 27.6 Å². The molecule has 0 radical (unpaired) electrons. The lowest BCUT2D eigenvalue weighted by atomic mass is 9.97. The number of hydrogen-bond donors (Lipinski definition) is 2. The van der Waals surface area contributed by atoms with Gasteiger partial charge < -0.3 is 5.32 Å². The van der Waals surface area contributed by atoms with Gasteiger partial charge in [0.15, 0.2) is 5.82 Å². The van der Waals surface area contributed by atoms with Crippen molar-refractivity contribution in [3.05, 3.63) is 70.4 Å². The molecule has 1 aromatic heterocycles. The summed E-state index contributed by atoms with van der Waals surface area (Å²) in [6.45, 7) is 8.70. The van der Waals surface area contributed by atoms with Gasteiger partial charge in [-0.25, -0.2) is 4.79 Å². The number of para-hydroxylation sites is 1. The molecule has 0 aliphatic rings. The van der Waals surface area contributed by atoms with Gasteiger partial charge in [0.05, 0.1) is 5.69 Å². The molecule has 3 rings (SSSR count). The van der Waals surface area contributed by atoms with Crippen LogP contribution in [0.3, 0.4) is 0 Å². The highest BCUT2D eigenvalue weighted by Gasteiger charge is 2.11. The minimum absolute atomic E-state index is 0.277. The summed E-state index contributed by atoms with van der Waals surface area (Å²) in [5.74, 6) is 0.457. The molecular weight excluding hydrogens is 338 g/mol. The Hall–Kier alpha value is -3.15. The van der Waals surface area contributed by atoms with Gasteiger partial charge >= 0.3 is 6.03 Å². The molecule has 0 spiro atoms. The van der Waals surface area contributed by atoms with E-state index in [4.69, 9.17) is 0 Å². The fourth-order valence-corrected chi connectivity index (χ4v) is 3.23. The van der Waals surface area contributed by atoms with Crippen molar-refractivity contribution in [3.63, 3.8) is 0 Å². The molecule has 6 heteroatoms. The van der Waals surface area contributed by atoms with Crippen molar-refractivity contribution < 1.29 is 4.79 Å². The van der Waals surface area contributed by atoms with Crippen molar-refractivity contribution >= 4 is 11.8 Å². The molecule has 0 unspecified atom stereocenters. The van der Waals surface area contributed by atoms with Crippen molar-refractivity contribution in [1.82, 2.24) is 20.3 Å². The van der Waals surface area contributed by atoms with E-state index in [0.29, 0.717) is 18.1 Å². The monoisotopic (exact) mass is 363 g/mol. The van der Waals surface area contributed by atoms with Crippen LogP contribution in [0, 0.1) is 27.7 Å². The Kier molecular flexibility index (Phi) is 5.54. The normalized spacial score (nSPS) is 10.7. The minimum Gasteiger partial charge on any atom is -0.337 e. The van der Waals surface area contributed by atoms with Gasteiger partial charge in [0.25, 0.3) is 0 Å². The summed E-state index contributed by atoms with van der Waals surface area (Å²) in [5.41, 5.74) is 6.58. The van der Waals surface area contributed by atoms with Crippen molar-refractivity contribution in [3.8, 4) is 5.69 Å². The fraction of sp³-hybridized carbons (Fsp3) is 0.286. The zero-order valence-electron chi connectivity index (χ0n) is 16.2. The quantitative estimate of drug-likeness (QED) is 0.723. The number of hydrogen-bond acceptors (Lipinski definition) is 3. The molecular formula is C21H25N5O. The Morgan fingerprint density at radius 2 is 1.67 bits per heavy atom. The third kappa shape index (κ3) is 4.53. The summed E-state index contributed by atoms with van der Waals surface area (Å²) in [4.78, 5) is 13.7. The predicted molar refractivity (Wildman–Crippen MR) is 107 cm³/mol. The number of rotatable bonds is 5. The van der Waals surface area contributed by atoms with Crippen LogP contribution in [0.2, 0.25) is 0 Å². The third-order valence-electron chi connectivity index (χ3n) is 4.50. The molecule has 0 aliphatic carbocycles. The smallest absolute Gasteiger partial charge is 0.320 e. The Bertz CT molecular complexity index is 923. The number of aromatic nitrogens is 3. The van der Waals surface area contributed by atoms with Gasteiger partial charge in [-0.15, -0.1) is 9.90 Å². The molecule has 27 heavy (non-hydrogen) atoms. The average Bonchev–Trinajstić information content (AvgIpc) is 2.98. The number of aryl methyl sites for hydroxylation is 4. The summed E-state index contributed by atoms with van der Waals surface area (Å²) in [7, 11) is 0. The molecule has 0 bridgehead atoms. The molecule has 2 N–H and O–H groups in total. The molecule has 0 atom stereocenters. The first-order valence-electron chi connectivity index (χ1n) is 9.05. The van der Waals surface area contributed by atoms with E-state index in [-0.39, 0.29) is 6.03 Å². The van der Waals surface area contributed by atoms with Gasteiger partial charge in [-0.05, 0) is 62.9 Å². The van der Waals surface area contributed by atoms with Crippen molar-refractivity contribution in [1.29, 1.82) is 0 Å². The first kappa shape index (κ1) is 18.6. The fourth-order valence-electron chi connectivity index (χ4n) is 3.23. The number of amides is 2. The van der Waals surface area contributed by atoms with E-state index < -0.39 is 0 Å². The van der Waals surface area contributed by atoms with Crippen LogP contribution >= 0.6 is 0 Å². The average molecular weight is 363 g/mol. The van der Waals surface area contributed by atoms with Gasteiger partial charge in [0, 0.05) is 6.54 Å². The lowest BCUT2D eigenvalue weighted by molar-refractivity contribution is 0.252. The van der Waals surface area contributed by atoms with E-state index in [0.717, 1.165) is 12.1 Å². The summed E-state index contributed by atoms with van der Waals surface area (Å²) in [6.07, 6.45) is 0.793. The zero-order valence-corrected chi connectivity index (χ0v) is 16.2. The molecule has 0 aliphatic heterocycles. The van der Waals surface area contributed by atoms with Crippen molar-refractivity contribution in [2.24, 2.45) is 0 Å². The molecule has 0 saturated carbocycles. The number of carbonyl (C=O) groups is 1. The zero-order chi connectivity index (χ0) is 19.4. The summed E-state index contributed by atoms with van der Waals surface area (Å²) >= 11 is 0. The van der Waals surface area contributed by atoms with Crippen LogP contribution in [-0.2, 0) is 6.42 Å². The minimum atomic E-state index is -0.277. The molecule has 2 amide bonds. The van der Waals surface area contributed by atoms with Crippen LogP contribution in [0.15, 0.2) is 42.5 Å². The topological polar surface area (TPSA) is 71.8 Å². The second-order valence-electron chi connectivity index (χ2n) is 6.77. The first-order chi connectivity index (χ1) is 12.9. The highest BCUT2D eigenvalue weighted by Crippen LogP contribution is 2.16. The molecule has 0 saturated heterocycles. The summed E-state index contributed by atoms with van der Waals surface area (Å²) < 4.78 is 0. The Morgan fingerprint density at radius 3 is 2.33 bits per heavy atom. The van der Waals surface area contributed by atoms with E-state index in [9.17, 15) is 4.79 Å². The predicted octanol–water partition coefficient (Wildman–Crippen LogP) is 3.87. The van der Waals surface area contributed by atoms with Gasteiger partial charge in [0.2, 0.25) is 0 Å². The van der Waals surface area contributed by atoms with E-state index >= 15 is 0 Å². The van der Waals surface area contributed by atoms with Crippen LogP contribution in [0.5, 0.6) is 0 Å². The maximum Gasteiger partial charge on any atom is 0.320 e. The van der Waals surface area contributed by atoms with E-state index in [1.807, 2.05) is 37.3 Å². The van der Waals surface area contributed by atoms with E-state index in [1.165, 1.54) is 27.1 Å². The number of benzene rings is 2. The first-order valence-corrected chi connectivity index (χ1v) is 9.05. The maximum absolute atomic E-state index is 12.2. The number of nitrogens with zero attached hydrogens (tertiary/aromatic N) is 3. The summed E-state index contributed by atoms with van der Waals surface area (Å²) in [5, 5.41) is 14.4. The second-order valence-corrected chi connectivity index (χ2v) is 6.77. The SMILES string of the molecule is Cc1cc(C)c(CCNC(=O)Nc2nn(-c3ccccc3)nc2C)c(C)c1. The van der Waals surface area contributed by atoms with Crippen LogP contribution in [0.1, 0.15) is 27.9 Å². The highest BCUT2D eigenvalue weighted by atomic mass is 16.2. The van der Waals surface area contributed by atoms with Gasteiger partial charge in [0.1, 0.15) is 5.69 Å². The molecule has 2 aromatic carbocycles. The number of nitrogens with one attached hydrogen (secondary N) is 2. The van der Waals surface area contributed by atoms with Gasteiger partial charge in [-0.2, -0.15) is 5.10 Å².